The van der Waals surface area contributed by atoms with E-state index in [0.717, 1.165) is 27.2 Å². The van der Waals surface area contributed by atoms with Crippen LogP contribution in [0.15, 0.2) is 48.5 Å². The maximum Gasteiger partial charge on any atom is 0.407 e. The number of carbonyl (C=O) groups excluding carboxylic acids is 2. The molecule has 0 saturated carbocycles. The van der Waals surface area contributed by atoms with Crippen LogP contribution in [-0.4, -0.2) is 59.1 Å². The maximum atomic E-state index is 13.6. The summed E-state index contributed by atoms with van der Waals surface area (Å²) >= 11 is 0. The Bertz CT molecular complexity index is 1080. The van der Waals surface area contributed by atoms with Crippen LogP contribution >= 0.6 is 0 Å². The first-order valence-corrected chi connectivity index (χ1v) is 11.7. The van der Waals surface area contributed by atoms with E-state index < -0.39 is 42.9 Å². The number of carbonyl (C=O) groups is 3. The van der Waals surface area contributed by atoms with Crippen molar-refractivity contribution in [2.45, 2.75) is 56.5 Å². The molecule has 0 radical (unpaired) electrons. The van der Waals surface area contributed by atoms with Crippen molar-refractivity contribution in [3.05, 3.63) is 59.7 Å². The third-order valence-corrected chi connectivity index (χ3v) is 6.61. The largest absolute Gasteiger partial charge is 0.480 e. The Morgan fingerprint density at radius 3 is 2.31 bits per heavy atom. The summed E-state index contributed by atoms with van der Waals surface area (Å²) < 4.78 is 32.7. The van der Waals surface area contributed by atoms with E-state index >= 15 is 0 Å². The fourth-order valence-electron chi connectivity index (χ4n) is 4.92. The predicted molar refractivity (Wildman–Crippen MR) is 124 cm³/mol. The number of halogens is 2. The smallest absolute Gasteiger partial charge is 0.407 e. The number of aliphatic carboxylic acids is 1. The third-order valence-electron chi connectivity index (χ3n) is 6.61. The van der Waals surface area contributed by atoms with E-state index in [-0.39, 0.29) is 25.0 Å². The summed E-state index contributed by atoms with van der Waals surface area (Å²) in [6.45, 7) is 1.07. The average Bonchev–Trinajstić information content (AvgIpc) is 3.32. The van der Waals surface area contributed by atoms with Gasteiger partial charge >= 0.3 is 12.1 Å². The minimum Gasteiger partial charge on any atom is -0.480 e. The Balaban J connectivity index is 1.23. The molecule has 0 aromatic heterocycles. The summed E-state index contributed by atoms with van der Waals surface area (Å²) in [7, 11) is 0. The van der Waals surface area contributed by atoms with Gasteiger partial charge in [0.1, 0.15) is 12.6 Å². The van der Waals surface area contributed by atoms with E-state index in [1.807, 2.05) is 36.4 Å². The van der Waals surface area contributed by atoms with Gasteiger partial charge in [0.25, 0.3) is 5.92 Å². The Kier molecular flexibility index (Phi) is 7.05. The van der Waals surface area contributed by atoms with Crippen LogP contribution in [0.5, 0.6) is 0 Å². The molecule has 2 aromatic carbocycles. The molecule has 2 aromatic rings. The van der Waals surface area contributed by atoms with Crippen LogP contribution in [0.1, 0.15) is 49.7 Å². The molecule has 4 rings (SSSR count). The molecule has 1 unspecified atom stereocenters. The van der Waals surface area contributed by atoms with Gasteiger partial charge in [0.05, 0.1) is 6.54 Å². The zero-order valence-corrected chi connectivity index (χ0v) is 19.4. The summed E-state index contributed by atoms with van der Waals surface area (Å²) in [5.74, 6) is -5.30. The number of nitrogens with zero attached hydrogens (tertiary/aromatic N) is 1. The monoisotopic (exact) mass is 486 g/mol. The Hall–Kier alpha value is -3.49. The van der Waals surface area contributed by atoms with Gasteiger partial charge in [-0.05, 0) is 42.0 Å². The van der Waals surface area contributed by atoms with Crippen LogP contribution in [0.2, 0.25) is 0 Å². The summed E-state index contributed by atoms with van der Waals surface area (Å²) in [6, 6.07) is 14.2. The number of ether oxygens (including phenoxy) is 1. The lowest BCUT2D eigenvalue weighted by atomic mass is 9.98. The van der Waals surface area contributed by atoms with Crippen LogP contribution in [0.4, 0.5) is 13.6 Å². The molecule has 1 saturated heterocycles. The number of carboxylic acid groups (broad SMARTS) is 1. The molecule has 7 nitrogen and oxygen atoms in total. The number of benzene rings is 2. The number of hydrogen-bond donors (Lipinski definition) is 2. The van der Waals surface area contributed by atoms with Crippen LogP contribution in [0.3, 0.4) is 0 Å². The molecule has 0 spiro atoms. The van der Waals surface area contributed by atoms with Crippen LogP contribution in [-0.2, 0) is 14.3 Å². The van der Waals surface area contributed by atoms with Crippen molar-refractivity contribution >= 4 is 18.0 Å². The molecular formula is C26H28F2N2O5. The highest BCUT2D eigenvalue weighted by Crippen LogP contribution is 2.44. The zero-order valence-electron chi connectivity index (χ0n) is 19.4. The number of amides is 2. The van der Waals surface area contributed by atoms with Crippen LogP contribution in [0.25, 0.3) is 11.1 Å². The number of carboxylic acids is 1. The van der Waals surface area contributed by atoms with Crippen molar-refractivity contribution < 1.29 is 33.0 Å². The van der Waals surface area contributed by atoms with E-state index in [9.17, 15) is 23.2 Å². The number of rotatable bonds is 8. The van der Waals surface area contributed by atoms with Crippen molar-refractivity contribution in [2.75, 3.05) is 13.2 Å². The SMILES string of the molecule is CC(CCCC(=O)N1CC(F)(F)C[C@H]1C(=O)O)NC(=O)OCC1c2ccccc2-c2ccccc21. The Morgan fingerprint density at radius 2 is 1.71 bits per heavy atom. The molecule has 186 valence electrons. The zero-order chi connectivity index (χ0) is 25.2. The number of fused-ring (bicyclic) bond motifs is 3. The molecule has 0 bridgehead atoms. The second-order valence-corrected chi connectivity index (χ2v) is 9.20. The maximum absolute atomic E-state index is 13.6. The standard InChI is InChI=1S/C26H28F2N2O5/c1-16(7-6-12-23(31)30-15-26(27,28)13-22(30)24(32)33)29-25(34)35-14-21-19-10-4-2-8-17(19)18-9-3-5-11-20(18)21/h2-5,8-11,16,21-22H,6-7,12-15H2,1H3,(H,29,34)(H,32,33)/t16?,22-/m0/s1. The highest BCUT2D eigenvalue weighted by Gasteiger charge is 2.49. The summed E-state index contributed by atoms with van der Waals surface area (Å²) in [6.07, 6.45) is -0.781. The number of alkyl halides is 2. The second kappa shape index (κ2) is 10.0. The van der Waals surface area contributed by atoms with Crippen molar-refractivity contribution in [3.8, 4) is 11.1 Å². The molecule has 1 fully saturated rings. The van der Waals surface area contributed by atoms with Crippen molar-refractivity contribution in [1.29, 1.82) is 0 Å². The number of hydrogen-bond acceptors (Lipinski definition) is 4. The minimum atomic E-state index is -3.20. The quantitative estimate of drug-likeness (QED) is 0.577. The highest BCUT2D eigenvalue weighted by atomic mass is 19.3. The molecule has 2 aliphatic rings. The molecule has 35 heavy (non-hydrogen) atoms. The first-order chi connectivity index (χ1) is 16.7. The molecule has 9 heteroatoms. The van der Waals surface area contributed by atoms with E-state index in [1.165, 1.54) is 0 Å². The van der Waals surface area contributed by atoms with E-state index in [0.29, 0.717) is 12.8 Å². The van der Waals surface area contributed by atoms with Crippen molar-refractivity contribution in [1.82, 2.24) is 10.2 Å². The molecule has 1 heterocycles. The summed E-state index contributed by atoms with van der Waals surface area (Å²) in [5.41, 5.74) is 4.49. The average molecular weight is 487 g/mol. The Morgan fingerprint density at radius 1 is 1.11 bits per heavy atom. The van der Waals surface area contributed by atoms with Crippen molar-refractivity contribution in [2.24, 2.45) is 0 Å². The lowest BCUT2D eigenvalue weighted by Crippen LogP contribution is -2.41. The topological polar surface area (TPSA) is 95.9 Å². The normalized spacial score (nSPS) is 19.1. The fraction of sp³-hybridized carbons (Fsp3) is 0.423. The van der Waals surface area contributed by atoms with E-state index in [2.05, 4.69) is 17.4 Å². The lowest BCUT2D eigenvalue weighted by Gasteiger charge is -2.21. The van der Waals surface area contributed by atoms with Gasteiger partial charge in [-0.1, -0.05) is 48.5 Å². The van der Waals surface area contributed by atoms with Crippen molar-refractivity contribution in [3.63, 3.8) is 0 Å². The van der Waals surface area contributed by atoms with E-state index in [4.69, 9.17) is 9.84 Å². The number of alkyl carbamates (subject to hydrolysis) is 1. The molecule has 2 amide bonds. The van der Waals surface area contributed by atoms with E-state index in [1.54, 1.807) is 6.92 Å². The first kappa shape index (κ1) is 24.6. The minimum absolute atomic E-state index is 0.0538. The number of likely N-dealkylation sites (tertiary alicyclic amines) is 1. The number of nitrogens with one attached hydrogen (secondary N) is 1. The second-order valence-electron chi connectivity index (χ2n) is 9.20. The fourth-order valence-corrected chi connectivity index (χ4v) is 4.92. The van der Waals surface area contributed by atoms with Gasteiger partial charge in [0.15, 0.2) is 0 Å². The van der Waals surface area contributed by atoms with Gasteiger partial charge in [0.2, 0.25) is 5.91 Å². The molecule has 2 atom stereocenters. The van der Waals surface area contributed by atoms with Gasteiger partial charge in [-0.3, -0.25) is 4.79 Å². The highest BCUT2D eigenvalue weighted by molar-refractivity contribution is 5.84. The molecule has 1 aliphatic carbocycles. The van der Waals surface area contributed by atoms with Gasteiger partial charge < -0.3 is 20.1 Å². The predicted octanol–water partition coefficient (Wildman–Crippen LogP) is 4.40. The van der Waals surface area contributed by atoms with Crippen LogP contribution in [0, 0.1) is 0 Å². The van der Waals surface area contributed by atoms with Gasteiger partial charge in [-0.15, -0.1) is 0 Å². The van der Waals surface area contributed by atoms with Crippen LogP contribution < -0.4 is 5.32 Å². The summed E-state index contributed by atoms with van der Waals surface area (Å²) in [4.78, 5) is 36.6. The first-order valence-electron chi connectivity index (χ1n) is 11.7. The van der Waals surface area contributed by atoms with Gasteiger partial charge in [0, 0.05) is 24.8 Å². The molecule has 1 aliphatic heterocycles. The summed E-state index contributed by atoms with van der Waals surface area (Å²) in [5, 5.41) is 11.9. The van der Waals surface area contributed by atoms with Gasteiger partial charge in [-0.2, -0.15) is 0 Å². The Labute approximate surface area is 202 Å². The molecule has 2 N–H and O–H groups in total. The lowest BCUT2D eigenvalue weighted by molar-refractivity contribution is -0.148. The third kappa shape index (κ3) is 5.44. The molecular weight excluding hydrogens is 458 g/mol. The van der Waals surface area contributed by atoms with Gasteiger partial charge in [-0.25, -0.2) is 18.4 Å².